The van der Waals surface area contributed by atoms with Crippen LogP contribution in [0.15, 0.2) is 36.4 Å². The molecule has 1 aromatic heterocycles. The minimum absolute atomic E-state index is 0.0657. The van der Waals surface area contributed by atoms with Crippen LogP contribution in [0.3, 0.4) is 0 Å². The molecule has 0 saturated heterocycles. The first-order valence-corrected chi connectivity index (χ1v) is 7.24. The van der Waals surface area contributed by atoms with Crippen molar-refractivity contribution in [2.45, 2.75) is 6.92 Å². The maximum atomic E-state index is 11.9. The molecule has 6 heteroatoms. The van der Waals surface area contributed by atoms with Gasteiger partial charge in [0.25, 0.3) is 0 Å². The fourth-order valence-corrected chi connectivity index (χ4v) is 2.72. The van der Waals surface area contributed by atoms with Gasteiger partial charge in [-0.1, -0.05) is 23.7 Å². The lowest BCUT2D eigenvalue weighted by Gasteiger charge is -2.09. The smallest absolute Gasteiger partial charge is 0.337 e. The monoisotopic (exact) mass is 321 g/mol. The molecule has 0 atom stereocenters. The molecule has 4 nitrogen and oxygen atoms in total. The first-order valence-electron chi connectivity index (χ1n) is 6.04. The Morgan fingerprint density at radius 3 is 2.67 bits per heavy atom. The molecule has 21 heavy (non-hydrogen) atoms. The summed E-state index contributed by atoms with van der Waals surface area (Å²) in [5, 5.41) is 11.7. The molecule has 0 radical (unpaired) electrons. The number of carbonyl (C=O) groups excluding carboxylic acids is 1. The summed E-state index contributed by atoms with van der Waals surface area (Å²) >= 11 is 7.15. The largest absolute Gasteiger partial charge is 0.478 e. The van der Waals surface area contributed by atoms with Crippen molar-refractivity contribution in [3.8, 4) is 0 Å². The molecule has 0 saturated carbocycles. The second kappa shape index (κ2) is 6.56. The Morgan fingerprint density at radius 2 is 2.05 bits per heavy atom. The number of halogens is 1. The number of aromatic carboxylic acids is 1. The number of hydrogen-bond donors (Lipinski definition) is 2. The van der Waals surface area contributed by atoms with E-state index >= 15 is 0 Å². The number of nitrogens with one attached hydrogen (secondary N) is 1. The summed E-state index contributed by atoms with van der Waals surface area (Å²) in [4.78, 5) is 23.9. The van der Waals surface area contributed by atoms with E-state index in [0.29, 0.717) is 15.6 Å². The third kappa shape index (κ3) is 3.93. The highest BCUT2D eigenvalue weighted by Gasteiger charge is 2.13. The van der Waals surface area contributed by atoms with Gasteiger partial charge in [0, 0.05) is 11.0 Å². The number of carbonyl (C=O) groups is 2. The fourth-order valence-electron chi connectivity index (χ4n) is 1.75. The summed E-state index contributed by atoms with van der Waals surface area (Å²) < 4.78 is 0.641. The number of carboxylic acids is 1. The number of carboxylic acid groups (broad SMARTS) is 1. The van der Waals surface area contributed by atoms with Gasteiger partial charge < -0.3 is 10.4 Å². The first kappa shape index (κ1) is 15.3. The minimum atomic E-state index is -1.08. The Kier molecular flexibility index (Phi) is 4.77. The van der Waals surface area contributed by atoms with Crippen molar-refractivity contribution in [2.75, 3.05) is 5.32 Å². The van der Waals surface area contributed by atoms with Crippen molar-refractivity contribution in [3.63, 3.8) is 0 Å². The van der Waals surface area contributed by atoms with Crippen molar-refractivity contribution < 1.29 is 14.7 Å². The zero-order valence-electron chi connectivity index (χ0n) is 11.1. The molecule has 0 bridgehead atoms. The van der Waals surface area contributed by atoms with Gasteiger partial charge in [0.05, 0.1) is 15.6 Å². The molecule has 0 aliphatic heterocycles. The number of aryl methyl sites for hydroxylation is 1. The molecule has 2 aromatic rings. The van der Waals surface area contributed by atoms with Crippen molar-refractivity contribution in [1.29, 1.82) is 0 Å². The summed E-state index contributed by atoms with van der Waals surface area (Å²) in [5.74, 6) is -1.47. The third-order valence-corrected chi connectivity index (χ3v) is 3.94. The van der Waals surface area contributed by atoms with E-state index in [9.17, 15) is 9.59 Å². The number of hydrogen-bond acceptors (Lipinski definition) is 3. The molecule has 108 valence electrons. The maximum Gasteiger partial charge on any atom is 0.337 e. The van der Waals surface area contributed by atoms with E-state index in [1.807, 2.05) is 0 Å². The van der Waals surface area contributed by atoms with Crippen molar-refractivity contribution in [1.82, 2.24) is 0 Å². The van der Waals surface area contributed by atoms with E-state index in [2.05, 4.69) is 5.32 Å². The highest BCUT2D eigenvalue weighted by Crippen LogP contribution is 2.23. The van der Waals surface area contributed by atoms with Gasteiger partial charge in [-0.2, -0.15) is 0 Å². The predicted octanol–water partition coefficient (Wildman–Crippen LogP) is 4.06. The molecule has 0 fully saturated rings. The minimum Gasteiger partial charge on any atom is -0.478 e. The highest BCUT2D eigenvalue weighted by molar-refractivity contribution is 7.17. The molecule has 0 unspecified atom stereocenters. The number of anilines is 1. The Hall–Kier alpha value is -2.11. The number of benzene rings is 1. The number of amides is 1. The number of rotatable bonds is 4. The van der Waals surface area contributed by atoms with Crippen LogP contribution in [0.25, 0.3) is 6.08 Å². The quantitative estimate of drug-likeness (QED) is 0.834. The molecule has 1 aromatic carbocycles. The molecule has 1 amide bonds. The molecular weight excluding hydrogens is 310 g/mol. The SMILES string of the molecule is Cc1cccc(C(=O)O)c1NC(=O)/C=C/c1ccc(Cl)s1. The van der Waals surface area contributed by atoms with Crippen LogP contribution in [0.1, 0.15) is 20.8 Å². The Bertz CT molecular complexity index is 721. The second-order valence-corrected chi connectivity index (χ2v) is 6.01. The van der Waals surface area contributed by atoms with Gasteiger partial charge in [-0.3, -0.25) is 4.79 Å². The summed E-state index contributed by atoms with van der Waals surface area (Å²) in [6.07, 6.45) is 2.98. The molecule has 2 N–H and O–H groups in total. The van der Waals surface area contributed by atoms with Crippen molar-refractivity contribution in [2.24, 2.45) is 0 Å². The van der Waals surface area contributed by atoms with E-state index in [-0.39, 0.29) is 5.56 Å². The van der Waals surface area contributed by atoms with Crippen LogP contribution in [0.4, 0.5) is 5.69 Å². The van der Waals surface area contributed by atoms with Crippen LogP contribution in [0, 0.1) is 6.92 Å². The molecule has 2 rings (SSSR count). The van der Waals surface area contributed by atoms with Crippen LogP contribution in [-0.2, 0) is 4.79 Å². The Balaban J connectivity index is 2.16. The fraction of sp³-hybridized carbons (Fsp3) is 0.0667. The lowest BCUT2D eigenvalue weighted by Crippen LogP contribution is -2.13. The van der Waals surface area contributed by atoms with Gasteiger partial charge in [0.15, 0.2) is 0 Å². The summed E-state index contributed by atoms with van der Waals surface area (Å²) in [5.41, 5.74) is 1.07. The summed E-state index contributed by atoms with van der Waals surface area (Å²) in [6, 6.07) is 8.37. The second-order valence-electron chi connectivity index (χ2n) is 4.27. The predicted molar refractivity (Wildman–Crippen MR) is 85.1 cm³/mol. The van der Waals surface area contributed by atoms with E-state index < -0.39 is 11.9 Å². The third-order valence-electron chi connectivity index (χ3n) is 2.74. The lowest BCUT2D eigenvalue weighted by molar-refractivity contribution is -0.111. The number of thiophene rings is 1. The molecule has 0 aliphatic rings. The first-order chi connectivity index (χ1) is 9.97. The lowest BCUT2D eigenvalue weighted by atomic mass is 10.1. The average Bonchev–Trinajstić information content (AvgIpc) is 2.84. The van der Waals surface area contributed by atoms with Crippen molar-refractivity contribution >= 4 is 46.6 Å². The topological polar surface area (TPSA) is 66.4 Å². The summed E-state index contributed by atoms with van der Waals surface area (Å²) in [7, 11) is 0. The molecule has 0 aliphatic carbocycles. The number of para-hydroxylation sites is 1. The normalized spacial score (nSPS) is 10.8. The van der Waals surface area contributed by atoms with Gasteiger partial charge >= 0.3 is 5.97 Å². The molecule has 1 heterocycles. The van der Waals surface area contributed by atoms with Crippen LogP contribution < -0.4 is 5.32 Å². The van der Waals surface area contributed by atoms with Gasteiger partial charge in [-0.05, 0) is 36.8 Å². The maximum absolute atomic E-state index is 11.9. The van der Waals surface area contributed by atoms with E-state index in [0.717, 1.165) is 4.88 Å². The van der Waals surface area contributed by atoms with Crippen LogP contribution in [-0.4, -0.2) is 17.0 Å². The van der Waals surface area contributed by atoms with Gasteiger partial charge in [-0.15, -0.1) is 11.3 Å². The average molecular weight is 322 g/mol. The van der Waals surface area contributed by atoms with Gasteiger partial charge in [-0.25, -0.2) is 4.79 Å². The standard InChI is InChI=1S/C15H12ClNO3S/c1-9-3-2-4-11(15(19)20)14(9)17-13(18)8-6-10-5-7-12(16)21-10/h2-8H,1H3,(H,17,18)(H,19,20)/b8-6+. The highest BCUT2D eigenvalue weighted by atomic mass is 35.5. The van der Waals surface area contributed by atoms with Crippen molar-refractivity contribution in [3.05, 3.63) is 56.7 Å². The van der Waals surface area contributed by atoms with E-state index in [1.165, 1.54) is 23.5 Å². The zero-order chi connectivity index (χ0) is 15.4. The van der Waals surface area contributed by atoms with Gasteiger partial charge in [0.1, 0.15) is 0 Å². The van der Waals surface area contributed by atoms with Crippen LogP contribution in [0.5, 0.6) is 0 Å². The van der Waals surface area contributed by atoms with Gasteiger partial charge in [0.2, 0.25) is 5.91 Å². The Morgan fingerprint density at radius 1 is 1.29 bits per heavy atom. The van der Waals surface area contributed by atoms with E-state index in [1.54, 1.807) is 37.3 Å². The molecular formula is C15H12ClNO3S. The zero-order valence-corrected chi connectivity index (χ0v) is 12.7. The molecule has 0 spiro atoms. The summed E-state index contributed by atoms with van der Waals surface area (Å²) in [6.45, 7) is 1.74. The van der Waals surface area contributed by atoms with Crippen LogP contribution >= 0.6 is 22.9 Å². The van der Waals surface area contributed by atoms with E-state index in [4.69, 9.17) is 16.7 Å². The Labute approximate surface area is 130 Å². The van der Waals surface area contributed by atoms with Crippen LogP contribution in [0.2, 0.25) is 4.34 Å².